The van der Waals surface area contributed by atoms with E-state index in [4.69, 9.17) is 9.47 Å². The van der Waals surface area contributed by atoms with Crippen molar-refractivity contribution in [1.29, 1.82) is 0 Å². The quantitative estimate of drug-likeness (QED) is 0.104. The van der Waals surface area contributed by atoms with Gasteiger partial charge in [0.05, 0.1) is 13.2 Å². The minimum Gasteiger partial charge on any atom is -0.350 e. The Bertz CT molecular complexity index is 483. The Labute approximate surface area is 202 Å². The van der Waals surface area contributed by atoms with Crippen LogP contribution in [0.1, 0.15) is 133 Å². The molecule has 0 fully saturated rings. The van der Waals surface area contributed by atoms with Gasteiger partial charge in [0.15, 0.2) is 5.79 Å². The molecule has 0 unspecified atom stereocenters. The van der Waals surface area contributed by atoms with E-state index in [0.29, 0.717) is 0 Å². The molecule has 2 nitrogen and oxygen atoms in total. The van der Waals surface area contributed by atoms with E-state index in [1.165, 1.54) is 37.7 Å². The molecular formula is C30H58O2. The number of allylic oxidation sites excluding steroid dienone is 4. The summed E-state index contributed by atoms with van der Waals surface area (Å²) in [6.45, 7) is 22.0. The van der Waals surface area contributed by atoms with Crippen LogP contribution in [-0.2, 0) is 9.47 Å². The van der Waals surface area contributed by atoms with E-state index < -0.39 is 5.79 Å². The third-order valence-electron chi connectivity index (χ3n) is 6.14. The highest BCUT2D eigenvalue weighted by atomic mass is 16.7. The largest absolute Gasteiger partial charge is 0.350 e. The molecule has 0 aliphatic heterocycles. The van der Waals surface area contributed by atoms with E-state index in [1.54, 1.807) is 5.57 Å². The SMILES string of the molecule is C/C(=C\CCC(C)(OCCCC(C)C)OCCCC(C)C)CC/C=C(\C)CCCC(C)C. The molecule has 0 rings (SSSR count). The van der Waals surface area contributed by atoms with Crippen LogP contribution in [0.15, 0.2) is 23.3 Å². The maximum Gasteiger partial charge on any atom is 0.165 e. The Hall–Kier alpha value is -0.600. The molecule has 0 bridgehead atoms. The second kappa shape index (κ2) is 18.8. The average molecular weight is 451 g/mol. The number of hydrogen-bond acceptors (Lipinski definition) is 2. The zero-order chi connectivity index (χ0) is 24.4. The first-order valence-electron chi connectivity index (χ1n) is 13.6. The van der Waals surface area contributed by atoms with Crippen molar-refractivity contribution in [2.45, 2.75) is 139 Å². The summed E-state index contributed by atoms with van der Waals surface area (Å²) in [5, 5.41) is 0. The Morgan fingerprint density at radius 1 is 0.656 bits per heavy atom. The number of rotatable bonds is 20. The molecule has 0 aromatic carbocycles. The van der Waals surface area contributed by atoms with Crippen LogP contribution in [-0.4, -0.2) is 19.0 Å². The molecule has 2 heteroatoms. The summed E-state index contributed by atoms with van der Waals surface area (Å²) in [6.07, 6.45) is 17.7. The second-order valence-electron chi connectivity index (χ2n) is 11.4. The highest BCUT2D eigenvalue weighted by molar-refractivity contribution is 5.03. The first kappa shape index (κ1) is 31.4. The average Bonchev–Trinajstić information content (AvgIpc) is 2.68. The van der Waals surface area contributed by atoms with Crippen LogP contribution in [0.4, 0.5) is 0 Å². The Morgan fingerprint density at radius 2 is 1.09 bits per heavy atom. The van der Waals surface area contributed by atoms with Crippen molar-refractivity contribution in [2.75, 3.05) is 13.2 Å². The van der Waals surface area contributed by atoms with Gasteiger partial charge in [0.2, 0.25) is 0 Å². The fraction of sp³-hybridized carbons (Fsp3) is 0.867. The lowest BCUT2D eigenvalue weighted by Gasteiger charge is -2.30. The van der Waals surface area contributed by atoms with Gasteiger partial charge in [0, 0.05) is 6.42 Å². The maximum atomic E-state index is 6.27. The van der Waals surface area contributed by atoms with Crippen LogP contribution in [0.2, 0.25) is 0 Å². The lowest BCUT2D eigenvalue weighted by atomic mass is 10.0. The molecule has 0 N–H and O–H groups in total. The minimum absolute atomic E-state index is 0.461. The molecule has 190 valence electrons. The van der Waals surface area contributed by atoms with E-state index in [2.05, 4.69) is 74.5 Å². The molecule has 0 saturated heterocycles. The lowest BCUT2D eigenvalue weighted by molar-refractivity contribution is -0.230. The summed E-state index contributed by atoms with van der Waals surface area (Å²) >= 11 is 0. The molecule has 0 amide bonds. The third-order valence-corrected chi connectivity index (χ3v) is 6.14. The first-order chi connectivity index (χ1) is 15.0. The van der Waals surface area contributed by atoms with Gasteiger partial charge in [-0.3, -0.25) is 0 Å². The van der Waals surface area contributed by atoms with Gasteiger partial charge in [0.1, 0.15) is 0 Å². The fourth-order valence-corrected chi connectivity index (χ4v) is 3.87. The van der Waals surface area contributed by atoms with Gasteiger partial charge in [-0.1, -0.05) is 71.3 Å². The van der Waals surface area contributed by atoms with Crippen molar-refractivity contribution in [1.82, 2.24) is 0 Å². The zero-order valence-electron chi connectivity index (χ0n) is 23.4. The van der Waals surface area contributed by atoms with Crippen LogP contribution in [0, 0.1) is 17.8 Å². The predicted molar refractivity (Wildman–Crippen MR) is 143 cm³/mol. The normalized spacial score (nSPS) is 13.8. The summed E-state index contributed by atoms with van der Waals surface area (Å²) in [5.74, 6) is 1.82. The molecular weight excluding hydrogens is 392 g/mol. The van der Waals surface area contributed by atoms with Gasteiger partial charge >= 0.3 is 0 Å². The summed E-state index contributed by atoms with van der Waals surface area (Å²) < 4.78 is 12.5. The van der Waals surface area contributed by atoms with Gasteiger partial charge in [-0.25, -0.2) is 0 Å². The van der Waals surface area contributed by atoms with E-state index >= 15 is 0 Å². The summed E-state index contributed by atoms with van der Waals surface area (Å²) in [5.41, 5.74) is 3.04. The molecule has 0 spiro atoms. The van der Waals surface area contributed by atoms with Gasteiger partial charge in [-0.05, 0) is 96.3 Å². The fourth-order valence-electron chi connectivity index (χ4n) is 3.87. The summed E-state index contributed by atoms with van der Waals surface area (Å²) in [4.78, 5) is 0. The van der Waals surface area contributed by atoms with Gasteiger partial charge < -0.3 is 9.47 Å². The molecule has 0 heterocycles. The molecule has 0 aromatic heterocycles. The third kappa shape index (κ3) is 20.0. The molecule has 0 atom stereocenters. The summed E-state index contributed by atoms with van der Waals surface area (Å²) in [6, 6.07) is 0. The van der Waals surface area contributed by atoms with Crippen molar-refractivity contribution in [3.8, 4) is 0 Å². The van der Waals surface area contributed by atoms with Crippen molar-refractivity contribution in [3.05, 3.63) is 23.3 Å². The topological polar surface area (TPSA) is 18.5 Å². The van der Waals surface area contributed by atoms with Crippen molar-refractivity contribution < 1.29 is 9.47 Å². The van der Waals surface area contributed by atoms with Crippen molar-refractivity contribution >= 4 is 0 Å². The molecule has 0 saturated carbocycles. The molecule has 0 aliphatic rings. The highest BCUT2D eigenvalue weighted by Crippen LogP contribution is 2.23. The first-order valence-corrected chi connectivity index (χ1v) is 13.6. The molecule has 0 aliphatic carbocycles. The van der Waals surface area contributed by atoms with E-state index in [1.807, 2.05) is 0 Å². The van der Waals surface area contributed by atoms with E-state index in [-0.39, 0.29) is 0 Å². The predicted octanol–water partition coefficient (Wildman–Crippen LogP) is 9.89. The van der Waals surface area contributed by atoms with E-state index in [0.717, 1.165) is 69.5 Å². The highest BCUT2D eigenvalue weighted by Gasteiger charge is 2.25. The summed E-state index contributed by atoms with van der Waals surface area (Å²) in [7, 11) is 0. The minimum atomic E-state index is -0.461. The molecule has 0 aromatic rings. The standard InChI is InChI=1S/C30H58O2/c1-25(2)15-10-18-28(7)19-11-20-29(8)21-12-22-30(9,31-23-13-16-26(3)4)32-24-14-17-27(5)6/h19,21,25-27H,10-18,20,22-24H2,1-9H3/b28-19+,29-21+. The van der Waals surface area contributed by atoms with Crippen LogP contribution >= 0.6 is 0 Å². The van der Waals surface area contributed by atoms with Crippen molar-refractivity contribution in [2.24, 2.45) is 17.8 Å². The van der Waals surface area contributed by atoms with Crippen LogP contribution in [0.25, 0.3) is 0 Å². The number of ether oxygens (including phenoxy) is 2. The lowest BCUT2D eigenvalue weighted by Crippen LogP contribution is -2.33. The second-order valence-corrected chi connectivity index (χ2v) is 11.4. The van der Waals surface area contributed by atoms with Gasteiger partial charge in [-0.15, -0.1) is 0 Å². The zero-order valence-corrected chi connectivity index (χ0v) is 23.4. The Kier molecular flexibility index (Phi) is 18.4. The molecule has 0 radical (unpaired) electrons. The number of hydrogen-bond donors (Lipinski definition) is 0. The molecule has 32 heavy (non-hydrogen) atoms. The maximum absolute atomic E-state index is 6.27. The van der Waals surface area contributed by atoms with Gasteiger partial charge in [-0.2, -0.15) is 0 Å². The van der Waals surface area contributed by atoms with Gasteiger partial charge in [0.25, 0.3) is 0 Å². The Balaban J connectivity index is 4.46. The van der Waals surface area contributed by atoms with Crippen LogP contribution < -0.4 is 0 Å². The Morgan fingerprint density at radius 3 is 1.59 bits per heavy atom. The van der Waals surface area contributed by atoms with Crippen LogP contribution in [0.5, 0.6) is 0 Å². The van der Waals surface area contributed by atoms with Crippen LogP contribution in [0.3, 0.4) is 0 Å². The monoisotopic (exact) mass is 450 g/mol. The smallest absolute Gasteiger partial charge is 0.165 e. The van der Waals surface area contributed by atoms with E-state index in [9.17, 15) is 0 Å². The van der Waals surface area contributed by atoms with Crippen molar-refractivity contribution in [3.63, 3.8) is 0 Å².